The predicted octanol–water partition coefficient (Wildman–Crippen LogP) is -0.0867. The van der Waals surface area contributed by atoms with Crippen molar-refractivity contribution in [1.29, 1.82) is 0 Å². The van der Waals surface area contributed by atoms with Crippen molar-refractivity contribution in [3.8, 4) is 0 Å². The van der Waals surface area contributed by atoms with E-state index in [-0.39, 0.29) is 12.6 Å². The van der Waals surface area contributed by atoms with Crippen molar-refractivity contribution in [3.05, 3.63) is 24.0 Å². The lowest BCUT2D eigenvalue weighted by atomic mass is 10.1. The number of aliphatic hydroxyl groups excluding tert-OH is 1. The topological polar surface area (TPSA) is 71.6 Å². The highest BCUT2D eigenvalue weighted by molar-refractivity contribution is 7.80. The van der Waals surface area contributed by atoms with E-state index in [9.17, 15) is 5.11 Å². The van der Waals surface area contributed by atoms with E-state index in [4.69, 9.17) is 22.7 Å². The normalized spacial score (nSPS) is 20.3. The zero-order valence-corrected chi connectivity index (χ0v) is 10.2. The summed E-state index contributed by atoms with van der Waals surface area (Å²) in [5.74, 6) is 0. The summed E-state index contributed by atoms with van der Waals surface area (Å²) in [5, 5.41) is 9.35. The summed E-state index contributed by atoms with van der Waals surface area (Å²) in [6.45, 7) is 1.86. The fraction of sp³-hybridized carbons (Fsp3) is 0.455. The molecule has 1 unspecified atom stereocenters. The van der Waals surface area contributed by atoms with Crippen LogP contribution in [0.5, 0.6) is 0 Å². The molecule has 17 heavy (non-hydrogen) atoms. The van der Waals surface area contributed by atoms with E-state index in [0.717, 1.165) is 11.3 Å². The highest BCUT2D eigenvalue weighted by atomic mass is 32.1. The minimum Gasteiger partial charge on any atom is -0.394 e. The number of nitrogens with zero attached hydrogens (tertiary/aromatic N) is 2. The first-order chi connectivity index (χ1) is 8.24. The third kappa shape index (κ3) is 2.54. The van der Waals surface area contributed by atoms with Gasteiger partial charge in [0.05, 0.1) is 37.7 Å². The summed E-state index contributed by atoms with van der Waals surface area (Å²) >= 11 is 5.02. The molecule has 0 aliphatic carbocycles. The van der Waals surface area contributed by atoms with Crippen LogP contribution in [0.4, 0.5) is 5.69 Å². The number of aromatic nitrogens is 1. The second-order valence-corrected chi connectivity index (χ2v) is 4.30. The van der Waals surface area contributed by atoms with E-state index < -0.39 is 0 Å². The number of hydrogen-bond donors (Lipinski definition) is 2. The fourth-order valence-electron chi connectivity index (χ4n) is 1.95. The summed E-state index contributed by atoms with van der Waals surface area (Å²) in [7, 11) is 0. The summed E-state index contributed by atoms with van der Waals surface area (Å²) in [4.78, 5) is 6.48. The molecular weight excluding hydrogens is 238 g/mol. The average molecular weight is 253 g/mol. The highest BCUT2D eigenvalue weighted by Crippen LogP contribution is 2.23. The van der Waals surface area contributed by atoms with Crippen LogP contribution in [0.2, 0.25) is 0 Å². The Labute approximate surface area is 105 Å². The van der Waals surface area contributed by atoms with Gasteiger partial charge in [-0.3, -0.25) is 4.98 Å². The molecule has 0 radical (unpaired) electrons. The van der Waals surface area contributed by atoms with Crippen LogP contribution in [0, 0.1) is 0 Å². The molecule has 0 amide bonds. The summed E-state index contributed by atoms with van der Waals surface area (Å²) in [6, 6.07) is 1.72. The number of nitrogens with two attached hydrogens (primary N) is 1. The van der Waals surface area contributed by atoms with Crippen molar-refractivity contribution in [2.24, 2.45) is 5.73 Å². The molecule has 0 spiro atoms. The molecule has 2 rings (SSSR count). The first-order valence-corrected chi connectivity index (χ1v) is 5.84. The van der Waals surface area contributed by atoms with Gasteiger partial charge in [0, 0.05) is 18.3 Å². The lowest BCUT2D eigenvalue weighted by Crippen LogP contribution is -2.48. The highest BCUT2D eigenvalue weighted by Gasteiger charge is 2.24. The number of thiocarbonyl (C=S) groups is 1. The Hall–Kier alpha value is -1.24. The van der Waals surface area contributed by atoms with E-state index in [2.05, 4.69) is 4.98 Å². The van der Waals surface area contributed by atoms with Crippen molar-refractivity contribution in [3.63, 3.8) is 0 Å². The van der Waals surface area contributed by atoms with Crippen LogP contribution in [0.3, 0.4) is 0 Å². The second-order valence-electron chi connectivity index (χ2n) is 3.86. The van der Waals surface area contributed by atoms with Crippen molar-refractivity contribution in [1.82, 2.24) is 4.98 Å². The van der Waals surface area contributed by atoms with Crippen LogP contribution in [-0.4, -0.2) is 47.5 Å². The first kappa shape index (κ1) is 12.2. The maximum Gasteiger partial charge on any atom is 0.106 e. The van der Waals surface area contributed by atoms with Crippen LogP contribution < -0.4 is 10.6 Å². The number of pyridine rings is 1. The van der Waals surface area contributed by atoms with Gasteiger partial charge in [0.15, 0.2) is 0 Å². The lowest BCUT2D eigenvalue weighted by molar-refractivity contribution is 0.0727. The van der Waals surface area contributed by atoms with Gasteiger partial charge in [-0.25, -0.2) is 0 Å². The molecule has 5 nitrogen and oxygen atoms in total. The molecule has 0 aromatic carbocycles. The zero-order chi connectivity index (χ0) is 12.3. The van der Waals surface area contributed by atoms with Gasteiger partial charge in [-0.15, -0.1) is 0 Å². The molecular formula is C11H15N3O2S. The van der Waals surface area contributed by atoms with Crippen LogP contribution in [0.25, 0.3) is 0 Å². The summed E-state index contributed by atoms with van der Waals surface area (Å²) in [5.41, 5.74) is 7.34. The standard InChI is InChI=1S/C11H15N3O2S/c12-11(17)9-1-2-13-5-10(9)14-3-4-16-7-8(14)6-15/h1-2,5,8,15H,3-4,6-7H2,(H2,12,17). The van der Waals surface area contributed by atoms with Crippen molar-refractivity contribution in [2.45, 2.75) is 6.04 Å². The van der Waals surface area contributed by atoms with Gasteiger partial charge in [-0.05, 0) is 6.07 Å². The number of ether oxygens (including phenoxy) is 1. The number of aliphatic hydroxyl groups is 1. The molecule has 0 bridgehead atoms. The van der Waals surface area contributed by atoms with Gasteiger partial charge < -0.3 is 20.5 Å². The van der Waals surface area contributed by atoms with Crippen molar-refractivity contribution >= 4 is 22.9 Å². The molecule has 6 heteroatoms. The SMILES string of the molecule is NC(=S)c1ccncc1N1CCOCC1CO. The first-order valence-electron chi connectivity index (χ1n) is 5.43. The molecule has 3 N–H and O–H groups in total. The minimum absolute atomic E-state index is 0.0334. The molecule has 92 valence electrons. The van der Waals surface area contributed by atoms with Gasteiger partial charge in [-0.1, -0.05) is 12.2 Å². The van der Waals surface area contributed by atoms with Gasteiger partial charge in [0.1, 0.15) is 4.99 Å². The largest absolute Gasteiger partial charge is 0.394 e. The molecule has 1 aromatic heterocycles. The van der Waals surface area contributed by atoms with Crippen LogP contribution in [0.1, 0.15) is 5.56 Å². The molecule has 1 aliphatic heterocycles. The number of anilines is 1. The van der Waals surface area contributed by atoms with Crippen molar-refractivity contribution < 1.29 is 9.84 Å². The molecule has 1 atom stereocenters. The molecule has 0 saturated carbocycles. The molecule has 1 aromatic rings. The quantitative estimate of drug-likeness (QED) is 0.734. The van der Waals surface area contributed by atoms with Crippen LogP contribution in [-0.2, 0) is 4.74 Å². The van der Waals surface area contributed by atoms with E-state index in [1.54, 1.807) is 18.5 Å². The number of morpholine rings is 1. The fourth-order valence-corrected chi connectivity index (χ4v) is 2.12. The Kier molecular flexibility index (Phi) is 3.88. The predicted molar refractivity (Wildman–Crippen MR) is 69.2 cm³/mol. The summed E-state index contributed by atoms with van der Waals surface area (Å²) in [6.07, 6.45) is 3.38. The third-order valence-electron chi connectivity index (χ3n) is 2.81. The van der Waals surface area contributed by atoms with Gasteiger partial charge in [-0.2, -0.15) is 0 Å². The minimum atomic E-state index is -0.0685. The van der Waals surface area contributed by atoms with E-state index in [1.807, 2.05) is 4.90 Å². The zero-order valence-electron chi connectivity index (χ0n) is 9.37. The molecule has 1 saturated heterocycles. The van der Waals surface area contributed by atoms with Crippen molar-refractivity contribution in [2.75, 3.05) is 31.3 Å². The monoisotopic (exact) mass is 253 g/mol. The van der Waals surface area contributed by atoms with E-state index in [0.29, 0.717) is 24.7 Å². The second kappa shape index (κ2) is 5.39. The smallest absolute Gasteiger partial charge is 0.106 e. The van der Waals surface area contributed by atoms with E-state index >= 15 is 0 Å². The summed E-state index contributed by atoms with van der Waals surface area (Å²) < 4.78 is 5.34. The maximum atomic E-state index is 9.35. The molecule has 1 aliphatic rings. The van der Waals surface area contributed by atoms with E-state index in [1.165, 1.54) is 0 Å². The number of rotatable bonds is 3. The van der Waals surface area contributed by atoms with Gasteiger partial charge in [0.2, 0.25) is 0 Å². The molecule has 2 heterocycles. The average Bonchev–Trinajstić information content (AvgIpc) is 2.38. The van der Waals surface area contributed by atoms with Gasteiger partial charge >= 0.3 is 0 Å². The molecule has 1 fully saturated rings. The Bertz CT molecular complexity index is 413. The maximum absolute atomic E-state index is 9.35. The third-order valence-corrected chi connectivity index (χ3v) is 3.03. The Morgan fingerprint density at radius 1 is 1.71 bits per heavy atom. The lowest BCUT2D eigenvalue weighted by Gasteiger charge is -2.37. The van der Waals surface area contributed by atoms with Crippen LogP contribution >= 0.6 is 12.2 Å². The number of hydrogen-bond acceptors (Lipinski definition) is 5. The Morgan fingerprint density at radius 3 is 3.24 bits per heavy atom. The van der Waals surface area contributed by atoms with Crippen LogP contribution in [0.15, 0.2) is 18.5 Å². The Morgan fingerprint density at radius 2 is 2.53 bits per heavy atom. The Balaban J connectivity index is 2.34. The van der Waals surface area contributed by atoms with Gasteiger partial charge in [0.25, 0.3) is 0 Å².